The third-order valence-electron chi connectivity index (χ3n) is 0.888. The second-order valence-electron chi connectivity index (χ2n) is 1.48. The molecular formula is C7H11NO. The molecule has 50 valence electrons. The van der Waals surface area contributed by atoms with Crippen LogP contribution in [0.5, 0.6) is 0 Å². The van der Waals surface area contributed by atoms with E-state index in [2.05, 4.69) is 4.98 Å². The highest BCUT2D eigenvalue weighted by Crippen LogP contribution is 1.89. The normalized spacial score (nSPS) is 8.11. The van der Waals surface area contributed by atoms with Crippen LogP contribution in [0.25, 0.3) is 0 Å². The molecule has 0 amide bonds. The zero-order valence-electron chi connectivity index (χ0n) is 4.41. The van der Waals surface area contributed by atoms with E-state index in [1.807, 2.05) is 12.1 Å². The second kappa shape index (κ2) is 4.04. The lowest BCUT2D eigenvalue weighted by molar-refractivity contribution is 0.277. The molecule has 2 heteroatoms. The monoisotopic (exact) mass is 125 g/mol. The van der Waals surface area contributed by atoms with Crippen LogP contribution in [0.4, 0.5) is 0 Å². The van der Waals surface area contributed by atoms with Crippen LogP contribution in [0.1, 0.15) is 13.1 Å². The predicted molar refractivity (Wildman–Crippen MR) is 36.9 cm³/mol. The van der Waals surface area contributed by atoms with Gasteiger partial charge >= 0.3 is 0 Å². The van der Waals surface area contributed by atoms with Crippen LogP contribution in [0.3, 0.4) is 0 Å². The van der Waals surface area contributed by atoms with Gasteiger partial charge < -0.3 is 5.11 Å². The Bertz CT molecular complexity index is 150. The molecule has 0 fully saturated rings. The molecule has 0 atom stereocenters. The van der Waals surface area contributed by atoms with E-state index in [9.17, 15) is 0 Å². The first-order chi connectivity index (χ1) is 3.93. The third-order valence-corrected chi connectivity index (χ3v) is 0.888. The number of pyridine rings is 1. The van der Waals surface area contributed by atoms with Gasteiger partial charge in [0.25, 0.3) is 0 Å². The van der Waals surface area contributed by atoms with Gasteiger partial charge in [0.1, 0.15) is 0 Å². The minimum absolute atomic E-state index is 0. The van der Waals surface area contributed by atoms with Crippen LogP contribution >= 0.6 is 0 Å². The van der Waals surface area contributed by atoms with Gasteiger partial charge in [0.05, 0.1) is 12.3 Å². The fraction of sp³-hybridized carbons (Fsp3) is 0.286. The van der Waals surface area contributed by atoms with Gasteiger partial charge in [-0.05, 0) is 12.1 Å². The molecule has 0 unspecified atom stereocenters. The van der Waals surface area contributed by atoms with Gasteiger partial charge in [-0.2, -0.15) is 0 Å². The number of aliphatic hydroxyl groups excluding tert-OH is 1. The van der Waals surface area contributed by atoms with Gasteiger partial charge in [-0.3, -0.25) is 4.98 Å². The molecule has 0 aliphatic heterocycles. The summed E-state index contributed by atoms with van der Waals surface area (Å²) in [4.78, 5) is 3.85. The van der Waals surface area contributed by atoms with Crippen molar-refractivity contribution in [2.24, 2.45) is 0 Å². The summed E-state index contributed by atoms with van der Waals surface area (Å²) in [6, 6.07) is 5.44. The molecule has 1 aromatic rings. The minimum Gasteiger partial charge on any atom is -0.390 e. The highest BCUT2D eigenvalue weighted by atomic mass is 16.3. The van der Waals surface area contributed by atoms with Crippen molar-refractivity contribution >= 4 is 0 Å². The number of hydrogen-bond donors (Lipinski definition) is 1. The maximum absolute atomic E-state index is 8.48. The maximum atomic E-state index is 8.48. The number of hydrogen-bond acceptors (Lipinski definition) is 2. The summed E-state index contributed by atoms with van der Waals surface area (Å²) in [6.07, 6.45) is 1.66. The van der Waals surface area contributed by atoms with Crippen LogP contribution in [0.15, 0.2) is 24.4 Å². The van der Waals surface area contributed by atoms with E-state index in [4.69, 9.17) is 5.11 Å². The molecule has 9 heavy (non-hydrogen) atoms. The number of rotatable bonds is 1. The molecule has 1 aromatic heterocycles. The van der Waals surface area contributed by atoms with Gasteiger partial charge in [0.15, 0.2) is 0 Å². The van der Waals surface area contributed by atoms with Gasteiger partial charge in [-0.25, -0.2) is 0 Å². The largest absolute Gasteiger partial charge is 0.390 e. The van der Waals surface area contributed by atoms with Crippen molar-refractivity contribution in [3.8, 4) is 0 Å². The number of aromatic nitrogens is 1. The first kappa shape index (κ1) is 8.11. The molecule has 0 spiro atoms. The highest BCUT2D eigenvalue weighted by molar-refractivity contribution is 5.01. The minimum atomic E-state index is 0. The summed E-state index contributed by atoms with van der Waals surface area (Å²) in [6.45, 7) is 0.0286. The Morgan fingerprint density at radius 3 is 2.56 bits per heavy atom. The van der Waals surface area contributed by atoms with Gasteiger partial charge in [-0.1, -0.05) is 13.5 Å². The summed E-state index contributed by atoms with van der Waals surface area (Å²) in [5.41, 5.74) is 0.715. The van der Waals surface area contributed by atoms with Crippen molar-refractivity contribution in [1.82, 2.24) is 4.98 Å². The molecule has 0 radical (unpaired) electrons. The Morgan fingerprint density at radius 2 is 2.22 bits per heavy atom. The molecule has 1 rings (SSSR count). The smallest absolute Gasteiger partial charge is 0.0852 e. The quantitative estimate of drug-likeness (QED) is 0.612. The average molecular weight is 125 g/mol. The fourth-order valence-corrected chi connectivity index (χ4v) is 0.492. The first-order valence-corrected chi connectivity index (χ1v) is 2.44. The molecule has 0 saturated carbocycles. The van der Waals surface area contributed by atoms with Crippen molar-refractivity contribution in [3.63, 3.8) is 0 Å². The van der Waals surface area contributed by atoms with Crippen molar-refractivity contribution in [3.05, 3.63) is 30.1 Å². The maximum Gasteiger partial charge on any atom is 0.0852 e. The van der Waals surface area contributed by atoms with E-state index in [0.717, 1.165) is 0 Å². The van der Waals surface area contributed by atoms with E-state index in [1.165, 1.54) is 0 Å². The van der Waals surface area contributed by atoms with Crippen molar-refractivity contribution in [2.75, 3.05) is 0 Å². The van der Waals surface area contributed by atoms with Crippen LogP contribution in [0.2, 0.25) is 0 Å². The summed E-state index contributed by atoms with van der Waals surface area (Å²) < 4.78 is 0. The Balaban J connectivity index is 0.000000640. The van der Waals surface area contributed by atoms with E-state index < -0.39 is 0 Å². The Morgan fingerprint density at radius 1 is 1.44 bits per heavy atom. The summed E-state index contributed by atoms with van der Waals surface area (Å²) >= 11 is 0. The van der Waals surface area contributed by atoms with Gasteiger partial charge in [0, 0.05) is 6.20 Å². The molecule has 0 bridgehead atoms. The molecule has 1 N–H and O–H groups in total. The van der Waals surface area contributed by atoms with Crippen LogP contribution in [-0.4, -0.2) is 10.1 Å². The van der Waals surface area contributed by atoms with E-state index >= 15 is 0 Å². The zero-order valence-corrected chi connectivity index (χ0v) is 4.41. The van der Waals surface area contributed by atoms with Crippen molar-refractivity contribution < 1.29 is 5.11 Å². The average Bonchev–Trinajstić information content (AvgIpc) is 1.90. The standard InChI is InChI=1S/C6H7NO.CH4/c8-5-6-3-1-2-4-7-6;/h1-4,8H,5H2;1H4. The van der Waals surface area contributed by atoms with E-state index in [0.29, 0.717) is 5.69 Å². The summed E-state index contributed by atoms with van der Waals surface area (Å²) in [5, 5.41) is 8.48. The predicted octanol–water partition coefficient (Wildman–Crippen LogP) is 1.21. The van der Waals surface area contributed by atoms with Gasteiger partial charge in [0.2, 0.25) is 0 Å². The molecule has 2 nitrogen and oxygen atoms in total. The second-order valence-corrected chi connectivity index (χ2v) is 1.48. The fourth-order valence-electron chi connectivity index (χ4n) is 0.492. The number of nitrogens with zero attached hydrogens (tertiary/aromatic N) is 1. The highest BCUT2D eigenvalue weighted by Gasteiger charge is 1.82. The Labute approximate surface area is 55.2 Å². The lowest BCUT2D eigenvalue weighted by atomic mass is 10.4. The van der Waals surface area contributed by atoms with Gasteiger partial charge in [-0.15, -0.1) is 0 Å². The zero-order chi connectivity index (χ0) is 5.82. The van der Waals surface area contributed by atoms with E-state index in [-0.39, 0.29) is 14.0 Å². The van der Waals surface area contributed by atoms with E-state index in [1.54, 1.807) is 12.3 Å². The molecule has 0 saturated heterocycles. The van der Waals surface area contributed by atoms with Crippen LogP contribution in [0, 0.1) is 0 Å². The molecular weight excluding hydrogens is 114 g/mol. The van der Waals surface area contributed by atoms with Crippen LogP contribution in [-0.2, 0) is 6.61 Å². The van der Waals surface area contributed by atoms with Crippen molar-refractivity contribution in [2.45, 2.75) is 14.0 Å². The van der Waals surface area contributed by atoms with Crippen molar-refractivity contribution in [1.29, 1.82) is 0 Å². The molecule has 1 heterocycles. The first-order valence-electron chi connectivity index (χ1n) is 2.44. The lowest BCUT2D eigenvalue weighted by Crippen LogP contribution is -1.84. The number of aliphatic hydroxyl groups is 1. The SMILES string of the molecule is C.OCc1ccccn1. The summed E-state index contributed by atoms with van der Waals surface area (Å²) in [5.74, 6) is 0. The topological polar surface area (TPSA) is 33.1 Å². The third kappa shape index (κ3) is 2.24. The molecule has 0 aliphatic rings. The Kier molecular flexibility index (Phi) is 3.64. The van der Waals surface area contributed by atoms with Crippen LogP contribution < -0.4 is 0 Å². The lowest BCUT2D eigenvalue weighted by Gasteiger charge is -1.88. The summed E-state index contributed by atoms with van der Waals surface area (Å²) in [7, 11) is 0. The molecule has 0 aliphatic carbocycles. The Hall–Kier alpha value is -0.890. The molecule has 0 aromatic carbocycles.